The van der Waals surface area contributed by atoms with Gasteiger partial charge in [-0.1, -0.05) is 6.92 Å². The number of ether oxygens (including phenoxy) is 2. The minimum absolute atomic E-state index is 0.0253. The summed E-state index contributed by atoms with van der Waals surface area (Å²) in [4.78, 5) is 23.8. The Labute approximate surface area is 252 Å². The van der Waals surface area contributed by atoms with E-state index in [9.17, 15) is 4.79 Å². The molecule has 3 aliphatic rings. The summed E-state index contributed by atoms with van der Waals surface area (Å²) >= 11 is 0. The first-order valence-corrected chi connectivity index (χ1v) is 13.5. The molecule has 0 spiro atoms. The number of benzene rings is 1. The Morgan fingerprint density at radius 2 is 1.90 bits per heavy atom. The Kier molecular flexibility index (Phi) is 5.73. The third-order valence-electron chi connectivity index (χ3n) is 7.28. The molecule has 218 valence electrons. The number of likely N-dealkylation sites (N-methyl/N-ethyl adjacent to an activating group) is 1. The number of nitrogens with zero attached hydrogens (tertiary/aromatic N) is 5. The van der Waals surface area contributed by atoms with E-state index < -0.39 is 44.9 Å². The zero-order valence-corrected chi connectivity index (χ0v) is 22.8. The van der Waals surface area contributed by atoms with Gasteiger partial charge in [-0.2, -0.15) is 0 Å². The second-order valence-electron chi connectivity index (χ2n) is 9.85. The van der Waals surface area contributed by atoms with E-state index in [1.54, 1.807) is 18.2 Å². The fraction of sp³-hybridized carbons (Fsp3) is 0.621. The maximum Gasteiger partial charge on any atom is 0.271 e. The molecule has 0 bridgehead atoms. The van der Waals surface area contributed by atoms with Gasteiger partial charge in [-0.3, -0.25) is 9.69 Å². The monoisotopic (exact) mass is 563 g/mol. The van der Waals surface area contributed by atoms with E-state index >= 15 is 0 Å². The number of piperazine rings is 1. The van der Waals surface area contributed by atoms with Crippen molar-refractivity contribution in [2.75, 3.05) is 81.9 Å². The van der Waals surface area contributed by atoms with Gasteiger partial charge in [0.15, 0.2) is 17.3 Å². The van der Waals surface area contributed by atoms with Crippen molar-refractivity contribution in [1.29, 1.82) is 0 Å². The number of hydrogen-bond acceptors (Lipinski definition) is 10. The molecule has 4 heterocycles. The quantitative estimate of drug-likeness (QED) is 0.420. The molecule has 5 rings (SSSR count). The first-order valence-electron chi connectivity index (χ1n) is 19.0. The van der Waals surface area contributed by atoms with Crippen molar-refractivity contribution in [1.82, 2.24) is 19.8 Å². The molecule has 0 saturated carbocycles. The Balaban J connectivity index is 1.37. The average Bonchev–Trinajstić information content (AvgIpc) is 3.04. The van der Waals surface area contributed by atoms with Crippen molar-refractivity contribution in [3.63, 3.8) is 0 Å². The molecule has 0 atom stereocenters. The number of aryl methyl sites for hydroxylation is 1. The molecular formula is C29H44N8O3. The van der Waals surface area contributed by atoms with Gasteiger partial charge in [-0.05, 0) is 51.2 Å². The van der Waals surface area contributed by atoms with Crippen LogP contribution < -0.4 is 26.0 Å². The van der Waals surface area contributed by atoms with Crippen molar-refractivity contribution >= 4 is 28.9 Å². The number of nitrogens with two attached hydrogens (primary N) is 1. The normalized spacial score (nSPS) is 29.4. The van der Waals surface area contributed by atoms with E-state index in [1.807, 2.05) is 11.8 Å². The number of primary amides is 1. The van der Waals surface area contributed by atoms with Crippen LogP contribution in [0.15, 0.2) is 18.2 Å². The highest BCUT2D eigenvalue weighted by Crippen LogP contribution is 2.35. The lowest BCUT2D eigenvalue weighted by molar-refractivity contribution is 0.0903. The van der Waals surface area contributed by atoms with Crippen molar-refractivity contribution in [2.24, 2.45) is 5.73 Å². The van der Waals surface area contributed by atoms with Crippen molar-refractivity contribution in [3.05, 3.63) is 29.6 Å². The average molecular weight is 564 g/mol. The summed E-state index contributed by atoms with van der Waals surface area (Å²) in [5.41, 5.74) is 7.43. The number of hydrogen-bond donors (Lipinski definition) is 3. The Bertz CT molecular complexity index is 1570. The highest BCUT2D eigenvalue weighted by atomic mass is 16.5. The molecule has 11 heteroatoms. The standard InChI is InChI=1S/C29H44N8O3/c1-4-23-28(31-20-9-17-40-18-10-20)34-29(26(33-23)27(30)38)32-21-5-6-24(25(19-21)39-3)37-11-7-22(8-12-37)36-15-13-35(2)14-16-36/h5-6,19-20,22H,4,7-18H2,1-3H3,(H2,30,38)(H2,31,32,34)/i2D3,13D2,14D2,15D2,16D2. The SMILES string of the molecule is [2H]C([2H])([2H])N1C([2H])([2H])C([2H])([2H])N(C2CCN(c3ccc(Nc4nc(NC5CCOCC5)c(CC)nc4C(N)=O)cc3OC)CC2)C([2H])([2H])C1([2H])[2H]. The van der Waals surface area contributed by atoms with E-state index in [2.05, 4.69) is 15.6 Å². The minimum atomic E-state index is -3.46. The summed E-state index contributed by atoms with van der Waals surface area (Å²) in [6.45, 7) is -13.1. The maximum absolute atomic E-state index is 12.4. The fourth-order valence-electron chi connectivity index (χ4n) is 5.09. The summed E-state index contributed by atoms with van der Waals surface area (Å²) < 4.78 is 102. The summed E-state index contributed by atoms with van der Waals surface area (Å²) in [7, 11) is 1.48. The van der Waals surface area contributed by atoms with Crippen LogP contribution in [0.2, 0.25) is 0 Å². The number of nitrogens with one attached hydrogen (secondary N) is 2. The summed E-state index contributed by atoms with van der Waals surface area (Å²) in [6.07, 6.45) is 2.32. The van der Waals surface area contributed by atoms with E-state index in [1.165, 1.54) is 7.11 Å². The number of methoxy groups -OCH3 is 1. The molecule has 40 heavy (non-hydrogen) atoms. The molecule has 4 N–H and O–H groups in total. The van der Waals surface area contributed by atoms with Crippen LogP contribution in [0.4, 0.5) is 23.0 Å². The third kappa shape index (κ3) is 6.59. The lowest BCUT2D eigenvalue weighted by Gasteiger charge is -2.42. The number of carbonyl (C=O) groups is 1. The smallest absolute Gasteiger partial charge is 0.271 e. The van der Waals surface area contributed by atoms with Gasteiger partial charge >= 0.3 is 0 Å². The van der Waals surface area contributed by atoms with Crippen LogP contribution in [0.25, 0.3) is 0 Å². The second kappa shape index (κ2) is 13.0. The number of carbonyl (C=O) groups excluding carboxylic acids is 1. The third-order valence-corrected chi connectivity index (χ3v) is 7.28. The lowest BCUT2D eigenvalue weighted by atomic mass is 10.0. The summed E-state index contributed by atoms with van der Waals surface area (Å²) in [5.74, 6) is 0.380. The van der Waals surface area contributed by atoms with Crippen LogP contribution >= 0.6 is 0 Å². The Hall–Kier alpha value is -3.15. The molecule has 3 aliphatic heterocycles. The zero-order valence-electron chi connectivity index (χ0n) is 33.8. The van der Waals surface area contributed by atoms with Crippen molar-refractivity contribution in [3.8, 4) is 5.75 Å². The van der Waals surface area contributed by atoms with Gasteiger partial charge < -0.3 is 35.6 Å². The molecule has 3 saturated heterocycles. The van der Waals surface area contributed by atoms with Crippen LogP contribution in [0, 0.1) is 0 Å². The van der Waals surface area contributed by atoms with Crippen molar-refractivity contribution in [2.45, 2.75) is 51.1 Å². The van der Waals surface area contributed by atoms with Gasteiger partial charge in [-0.25, -0.2) is 9.97 Å². The number of amides is 1. The number of anilines is 4. The molecular weight excluding hydrogens is 508 g/mol. The van der Waals surface area contributed by atoms with Gasteiger partial charge in [-0.15, -0.1) is 0 Å². The molecule has 1 aromatic carbocycles. The zero-order chi connectivity index (χ0) is 37.7. The van der Waals surface area contributed by atoms with Crippen LogP contribution in [0.5, 0.6) is 5.75 Å². The molecule has 1 amide bonds. The predicted molar refractivity (Wildman–Crippen MR) is 158 cm³/mol. The number of aromatic nitrogens is 2. The van der Waals surface area contributed by atoms with E-state index in [-0.39, 0.29) is 48.4 Å². The van der Waals surface area contributed by atoms with Gasteiger partial charge in [0, 0.05) is 91.2 Å². The predicted octanol–water partition coefficient (Wildman–Crippen LogP) is 2.70. The Morgan fingerprint density at radius 3 is 2.55 bits per heavy atom. The van der Waals surface area contributed by atoms with Crippen LogP contribution in [-0.4, -0.2) is 104 Å². The van der Waals surface area contributed by atoms with Gasteiger partial charge in [0.25, 0.3) is 5.91 Å². The lowest BCUT2D eigenvalue weighted by Crippen LogP contribution is -2.52. The number of rotatable bonds is 9. The highest BCUT2D eigenvalue weighted by Gasteiger charge is 2.28. The molecule has 0 aliphatic carbocycles. The van der Waals surface area contributed by atoms with Crippen LogP contribution in [0.3, 0.4) is 0 Å². The van der Waals surface area contributed by atoms with E-state index in [4.69, 9.17) is 35.3 Å². The maximum atomic E-state index is 12.4. The Morgan fingerprint density at radius 1 is 1.15 bits per heavy atom. The molecule has 2 aromatic rings. The summed E-state index contributed by atoms with van der Waals surface area (Å²) in [6, 6.07) is 4.37. The number of piperidine rings is 1. The molecule has 0 unspecified atom stereocenters. The van der Waals surface area contributed by atoms with Gasteiger partial charge in [0.1, 0.15) is 5.75 Å². The first kappa shape index (κ1) is 17.6. The molecule has 3 fully saturated rings. The molecule has 1 aromatic heterocycles. The van der Waals surface area contributed by atoms with E-state index in [0.717, 1.165) is 12.8 Å². The summed E-state index contributed by atoms with van der Waals surface area (Å²) in [5, 5.41) is 6.57. The molecule has 0 radical (unpaired) electrons. The second-order valence-corrected chi connectivity index (χ2v) is 9.85. The fourth-order valence-corrected chi connectivity index (χ4v) is 5.09. The highest BCUT2D eigenvalue weighted by molar-refractivity contribution is 5.96. The van der Waals surface area contributed by atoms with Crippen LogP contribution in [0.1, 0.15) is 63.9 Å². The molecule has 11 nitrogen and oxygen atoms in total. The van der Waals surface area contributed by atoms with Gasteiger partial charge in [0.05, 0.1) is 18.5 Å². The largest absolute Gasteiger partial charge is 0.495 e. The first-order chi connectivity index (χ1) is 23.7. The van der Waals surface area contributed by atoms with Crippen molar-refractivity contribution < 1.29 is 29.3 Å². The van der Waals surface area contributed by atoms with Crippen LogP contribution in [-0.2, 0) is 11.2 Å². The minimum Gasteiger partial charge on any atom is -0.495 e. The topological polar surface area (TPSA) is 121 Å². The van der Waals surface area contributed by atoms with E-state index in [0.29, 0.717) is 53.2 Å². The van der Waals surface area contributed by atoms with Gasteiger partial charge in [0.2, 0.25) is 0 Å².